The molecule has 0 unspecified atom stereocenters. The maximum Gasteiger partial charge on any atom is 0.331 e. The van der Waals surface area contributed by atoms with E-state index in [2.05, 4.69) is 0 Å². The molecule has 0 N–H and O–H groups in total. The number of rotatable bonds is 7. The molecule has 17 heavy (non-hydrogen) atoms. The Morgan fingerprint density at radius 1 is 1.06 bits per heavy atom. The predicted molar refractivity (Wildman–Crippen MR) is 65.4 cm³/mol. The Balaban J connectivity index is 3.97. The quantitative estimate of drug-likeness (QED) is 0.508. The van der Waals surface area contributed by atoms with E-state index < -0.39 is 11.9 Å². The fourth-order valence-electron chi connectivity index (χ4n) is 1.09. The molecule has 0 bridgehead atoms. The third-order valence-electron chi connectivity index (χ3n) is 2.11. The first-order valence-corrected chi connectivity index (χ1v) is 6.05. The molecule has 0 aromatic heterocycles. The van der Waals surface area contributed by atoms with Crippen molar-refractivity contribution in [2.24, 2.45) is 5.92 Å². The number of hydrogen-bond acceptors (Lipinski definition) is 4. The molecular formula is C13H22O4. The van der Waals surface area contributed by atoms with Crippen molar-refractivity contribution in [1.29, 1.82) is 0 Å². The van der Waals surface area contributed by atoms with Gasteiger partial charge in [-0.1, -0.05) is 27.7 Å². The molecule has 4 heteroatoms. The van der Waals surface area contributed by atoms with Crippen molar-refractivity contribution >= 4 is 11.9 Å². The van der Waals surface area contributed by atoms with Crippen LogP contribution in [0.4, 0.5) is 0 Å². The van der Waals surface area contributed by atoms with Gasteiger partial charge in [-0.15, -0.1) is 0 Å². The SMILES string of the molecule is CCC(CC)OC(=O)/C=C/C(=O)OCC(C)C. The van der Waals surface area contributed by atoms with Crippen LogP contribution in [0.5, 0.6) is 0 Å². The Kier molecular flexibility index (Phi) is 8.11. The van der Waals surface area contributed by atoms with E-state index in [4.69, 9.17) is 9.47 Å². The molecule has 0 radical (unpaired) electrons. The van der Waals surface area contributed by atoms with Gasteiger partial charge in [0.1, 0.15) is 6.10 Å². The van der Waals surface area contributed by atoms with E-state index in [1.807, 2.05) is 27.7 Å². The summed E-state index contributed by atoms with van der Waals surface area (Å²) in [6, 6.07) is 0. The molecule has 0 aromatic rings. The van der Waals surface area contributed by atoms with Crippen LogP contribution in [0.25, 0.3) is 0 Å². The number of carbonyl (C=O) groups excluding carboxylic acids is 2. The average Bonchev–Trinajstić information content (AvgIpc) is 2.30. The van der Waals surface area contributed by atoms with Crippen LogP contribution in [-0.2, 0) is 19.1 Å². The summed E-state index contributed by atoms with van der Waals surface area (Å²) in [5, 5.41) is 0. The topological polar surface area (TPSA) is 52.6 Å². The lowest BCUT2D eigenvalue weighted by molar-refractivity contribution is -0.144. The van der Waals surface area contributed by atoms with Gasteiger partial charge < -0.3 is 9.47 Å². The molecule has 0 heterocycles. The number of esters is 2. The van der Waals surface area contributed by atoms with Gasteiger partial charge in [-0.3, -0.25) is 0 Å². The molecule has 0 aliphatic heterocycles. The molecule has 0 rings (SSSR count). The Labute approximate surface area is 103 Å². The van der Waals surface area contributed by atoms with Crippen molar-refractivity contribution in [2.75, 3.05) is 6.61 Å². The van der Waals surface area contributed by atoms with Gasteiger partial charge in [-0.05, 0) is 18.8 Å². The third kappa shape index (κ3) is 8.48. The number of ether oxygens (including phenoxy) is 2. The van der Waals surface area contributed by atoms with Crippen LogP contribution < -0.4 is 0 Å². The van der Waals surface area contributed by atoms with Crippen LogP contribution in [0.3, 0.4) is 0 Å². The van der Waals surface area contributed by atoms with Gasteiger partial charge in [0.2, 0.25) is 0 Å². The minimum absolute atomic E-state index is 0.0844. The summed E-state index contributed by atoms with van der Waals surface area (Å²) in [6.45, 7) is 8.13. The van der Waals surface area contributed by atoms with Crippen LogP contribution in [0.15, 0.2) is 12.2 Å². The standard InChI is InChI=1S/C13H22O4/c1-5-11(6-2)17-13(15)8-7-12(14)16-9-10(3)4/h7-8,10-11H,5-6,9H2,1-4H3/b8-7+. The fourth-order valence-corrected chi connectivity index (χ4v) is 1.09. The van der Waals surface area contributed by atoms with Gasteiger partial charge in [-0.25, -0.2) is 9.59 Å². The van der Waals surface area contributed by atoms with Crippen LogP contribution in [0.2, 0.25) is 0 Å². The average molecular weight is 242 g/mol. The van der Waals surface area contributed by atoms with Crippen molar-refractivity contribution in [2.45, 2.75) is 46.6 Å². The van der Waals surface area contributed by atoms with Crippen LogP contribution >= 0.6 is 0 Å². The number of hydrogen-bond donors (Lipinski definition) is 0. The minimum Gasteiger partial charge on any atom is -0.462 e. The van der Waals surface area contributed by atoms with Gasteiger partial charge >= 0.3 is 11.9 Å². The maximum absolute atomic E-state index is 11.3. The monoisotopic (exact) mass is 242 g/mol. The summed E-state index contributed by atoms with van der Waals surface area (Å²) in [6.07, 6.45) is 3.68. The first-order chi connectivity index (χ1) is 7.99. The molecule has 0 aliphatic carbocycles. The number of carbonyl (C=O) groups is 2. The second-order valence-electron chi connectivity index (χ2n) is 4.23. The summed E-state index contributed by atoms with van der Waals surface area (Å²) in [4.78, 5) is 22.5. The van der Waals surface area contributed by atoms with Crippen LogP contribution in [0, 0.1) is 5.92 Å². The summed E-state index contributed by atoms with van der Waals surface area (Å²) >= 11 is 0. The molecular weight excluding hydrogens is 220 g/mol. The Bertz CT molecular complexity index is 265. The normalized spacial score (nSPS) is 11.2. The fraction of sp³-hybridized carbons (Fsp3) is 0.692. The van der Waals surface area contributed by atoms with Crippen LogP contribution in [0.1, 0.15) is 40.5 Å². The predicted octanol–water partition coefficient (Wildman–Crippen LogP) is 2.47. The van der Waals surface area contributed by atoms with Crippen molar-refractivity contribution < 1.29 is 19.1 Å². The molecule has 0 saturated carbocycles. The molecule has 0 aliphatic rings. The zero-order valence-electron chi connectivity index (χ0n) is 11.1. The van der Waals surface area contributed by atoms with Gasteiger partial charge in [0.25, 0.3) is 0 Å². The summed E-state index contributed by atoms with van der Waals surface area (Å²) in [7, 11) is 0. The largest absolute Gasteiger partial charge is 0.462 e. The van der Waals surface area contributed by atoms with Gasteiger partial charge in [0.05, 0.1) is 6.61 Å². The van der Waals surface area contributed by atoms with E-state index in [0.717, 1.165) is 25.0 Å². The van der Waals surface area contributed by atoms with E-state index >= 15 is 0 Å². The molecule has 0 spiro atoms. The summed E-state index contributed by atoms with van der Waals surface area (Å²) in [5.41, 5.74) is 0. The van der Waals surface area contributed by atoms with E-state index in [-0.39, 0.29) is 12.0 Å². The van der Waals surface area contributed by atoms with E-state index in [1.54, 1.807) is 0 Å². The Hall–Kier alpha value is -1.32. The first-order valence-electron chi connectivity index (χ1n) is 6.05. The van der Waals surface area contributed by atoms with Gasteiger partial charge in [0, 0.05) is 12.2 Å². The lowest BCUT2D eigenvalue weighted by Gasteiger charge is -2.11. The van der Waals surface area contributed by atoms with Crippen molar-refractivity contribution in [3.63, 3.8) is 0 Å². The van der Waals surface area contributed by atoms with Crippen molar-refractivity contribution in [1.82, 2.24) is 0 Å². The summed E-state index contributed by atoms with van der Waals surface area (Å²) < 4.78 is 9.97. The molecule has 4 nitrogen and oxygen atoms in total. The second-order valence-corrected chi connectivity index (χ2v) is 4.23. The van der Waals surface area contributed by atoms with Gasteiger partial charge in [-0.2, -0.15) is 0 Å². The molecule has 0 atom stereocenters. The molecule has 0 amide bonds. The van der Waals surface area contributed by atoms with Crippen LogP contribution in [-0.4, -0.2) is 24.6 Å². The first kappa shape index (κ1) is 15.7. The highest BCUT2D eigenvalue weighted by Gasteiger charge is 2.08. The van der Waals surface area contributed by atoms with E-state index in [1.165, 1.54) is 0 Å². The second kappa shape index (κ2) is 8.79. The van der Waals surface area contributed by atoms with Crippen molar-refractivity contribution in [3.8, 4) is 0 Å². The third-order valence-corrected chi connectivity index (χ3v) is 2.11. The Morgan fingerprint density at radius 3 is 2.06 bits per heavy atom. The molecule has 0 aromatic carbocycles. The highest BCUT2D eigenvalue weighted by Crippen LogP contribution is 2.03. The van der Waals surface area contributed by atoms with Gasteiger partial charge in [0.15, 0.2) is 0 Å². The minimum atomic E-state index is -0.514. The van der Waals surface area contributed by atoms with E-state index in [9.17, 15) is 9.59 Å². The molecule has 98 valence electrons. The maximum atomic E-state index is 11.3. The zero-order chi connectivity index (χ0) is 13.3. The Morgan fingerprint density at radius 2 is 1.59 bits per heavy atom. The molecule has 0 fully saturated rings. The molecule has 0 saturated heterocycles. The highest BCUT2D eigenvalue weighted by atomic mass is 16.5. The lowest BCUT2D eigenvalue weighted by atomic mass is 10.2. The highest BCUT2D eigenvalue weighted by molar-refractivity contribution is 5.91. The van der Waals surface area contributed by atoms with Crippen molar-refractivity contribution in [3.05, 3.63) is 12.2 Å². The lowest BCUT2D eigenvalue weighted by Crippen LogP contribution is -2.15. The summed E-state index contributed by atoms with van der Waals surface area (Å²) in [5.74, 6) is -0.732. The zero-order valence-corrected chi connectivity index (χ0v) is 11.1. The van der Waals surface area contributed by atoms with E-state index in [0.29, 0.717) is 6.61 Å². The smallest absolute Gasteiger partial charge is 0.331 e.